The van der Waals surface area contributed by atoms with Gasteiger partial charge in [0.15, 0.2) is 0 Å². The van der Waals surface area contributed by atoms with E-state index in [0.717, 1.165) is 52.9 Å². The number of nitrogens with zero attached hydrogens (tertiary/aromatic N) is 3. The van der Waals surface area contributed by atoms with Crippen LogP contribution >= 0.6 is 11.3 Å². The van der Waals surface area contributed by atoms with Gasteiger partial charge in [0, 0.05) is 36.7 Å². The number of nitrogens with one attached hydrogen (secondary N) is 2. The summed E-state index contributed by atoms with van der Waals surface area (Å²) in [6.07, 6.45) is 5.12. The summed E-state index contributed by atoms with van der Waals surface area (Å²) >= 11 is 1.58. The van der Waals surface area contributed by atoms with Gasteiger partial charge in [0.2, 0.25) is 11.8 Å². The van der Waals surface area contributed by atoms with E-state index in [1.165, 1.54) is 0 Å². The molecule has 4 heterocycles. The highest BCUT2D eigenvalue weighted by molar-refractivity contribution is 7.10. The Labute approximate surface area is 215 Å². The van der Waals surface area contributed by atoms with Crippen molar-refractivity contribution in [3.63, 3.8) is 0 Å². The molecule has 0 saturated carbocycles. The summed E-state index contributed by atoms with van der Waals surface area (Å²) in [5.41, 5.74) is 1.70. The van der Waals surface area contributed by atoms with Crippen molar-refractivity contribution in [3.8, 4) is 11.4 Å². The second-order valence-corrected chi connectivity index (χ2v) is 10.5. The Balaban J connectivity index is 1.40. The number of thiazole rings is 1. The Morgan fingerprint density at radius 3 is 2.78 bits per heavy atom. The number of hydrogen-bond acceptors (Lipinski definition) is 7. The number of aromatic nitrogens is 2. The van der Waals surface area contributed by atoms with Crippen LogP contribution in [0.3, 0.4) is 0 Å². The first-order valence-electron chi connectivity index (χ1n) is 12.7. The van der Waals surface area contributed by atoms with Crippen molar-refractivity contribution in [2.45, 2.75) is 50.7 Å². The molecule has 2 N–H and O–H groups in total. The van der Waals surface area contributed by atoms with E-state index in [0.29, 0.717) is 19.8 Å². The van der Waals surface area contributed by atoms with Gasteiger partial charge in [-0.2, -0.15) is 0 Å². The minimum absolute atomic E-state index is 0.0129. The SMILES string of the molecule is CN[C@@H](C)C(=O)N[C@H](C(=O)N1CCC[C@H]1c1nc(-c2nccc3ccccc23)cs1)C1CCOCC1. The third kappa shape index (κ3) is 5.00. The van der Waals surface area contributed by atoms with E-state index >= 15 is 0 Å². The summed E-state index contributed by atoms with van der Waals surface area (Å²) in [4.78, 5) is 38.2. The van der Waals surface area contributed by atoms with Gasteiger partial charge in [-0.3, -0.25) is 14.6 Å². The summed E-state index contributed by atoms with van der Waals surface area (Å²) in [6.45, 7) is 3.70. The zero-order valence-corrected chi connectivity index (χ0v) is 21.6. The lowest BCUT2D eigenvalue weighted by atomic mass is 9.90. The van der Waals surface area contributed by atoms with Gasteiger partial charge in [0.25, 0.3) is 0 Å². The Bertz CT molecular complexity index is 1220. The van der Waals surface area contributed by atoms with Crippen molar-refractivity contribution in [1.82, 2.24) is 25.5 Å². The fourth-order valence-corrected chi connectivity index (χ4v) is 6.13. The summed E-state index contributed by atoms with van der Waals surface area (Å²) < 4.78 is 5.53. The zero-order chi connectivity index (χ0) is 25.1. The first kappa shape index (κ1) is 24.8. The number of benzene rings is 1. The van der Waals surface area contributed by atoms with E-state index in [4.69, 9.17) is 9.72 Å². The smallest absolute Gasteiger partial charge is 0.246 e. The molecule has 2 aliphatic heterocycles. The van der Waals surface area contributed by atoms with Crippen LogP contribution in [-0.4, -0.2) is 65.6 Å². The van der Waals surface area contributed by atoms with Gasteiger partial charge in [0.05, 0.1) is 17.8 Å². The molecule has 0 unspecified atom stereocenters. The summed E-state index contributed by atoms with van der Waals surface area (Å²) in [7, 11) is 1.75. The fraction of sp³-hybridized carbons (Fsp3) is 0.481. The molecule has 3 atom stereocenters. The third-order valence-electron chi connectivity index (χ3n) is 7.39. The molecule has 2 amide bonds. The number of rotatable bonds is 7. The van der Waals surface area contributed by atoms with Crippen molar-refractivity contribution in [2.75, 3.05) is 26.8 Å². The maximum absolute atomic E-state index is 13.9. The molecule has 9 heteroatoms. The molecule has 0 spiro atoms. The first-order chi connectivity index (χ1) is 17.6. The maximum atomic E-state index is 13.9. The van der Waals surface area contributed by atoms with Crippen LogP contribution in [0.5, 0.6) is 0 Å². The highest BCUT2D eigenvalue weighted by Crippen LogP contribution is 2.37. The van der Waals surface area contributed by atoms with Crippen molar-refractivity contribution in [3.05, 3.63) is 46.9 Å². The van der Waals surface area contributed by atoms with E-state index in [-0.39, 0.29) is 29.8 Å². The minimum atomic E-state index is -0.558. The normalized spacial score (nSPS) is 20.4. The number of hydrogen-bond donors (Lipinski definition) is 2. The average molecular weight is 508 g/mol. The lowest BCUT2D eigenvalue weighted by Crippen LogP contribution is -2.56. The highest BCUT2D eigenvalue weighted by atomic mass is 32.1. The molecule has 5 rings (SSSR count). The molecular formula is C27H33N5O3S. The van der Waals surface area contributed by atoms with Gasteiger partial charge in [-0.15, -0.1) is 11.3 Å². The number of fused-ring (bicyclic) bond motifs is 1. The van der Waals surface area contributed by atoms with Crippen LogP contribution in [0.15, 0.2) is 41.9 Å². The summed E-state index contributed by atoms with van der Waals surface area (Å²) in [6, 6.07) is 9.15. The van der Waals surface area contributed by atoms with E-state index in [2.05, 4.69) is 27.8 Å². The Morgan fingerprint density at radius 2 is 1.97 bits per heavy atom. The van der Waals surface area contributed by atoms with Gasteiger partial charge in [0.1, 0.15) is 16.7 Å². The maximum Gasteiger partial charge on any atom is 0.246 e. The first-order valence-corrected chi connectivity index (χ1v) is 13.6. The minimum Gasteiger partial charge on any atom is -0.381 e. The molecule has 1 aromatic carbocycles. The van der Waals surface area contributed by atoms with Crippen LogP contribution in [0.2, 0.25) is 0 Å². The Kier molecular flexibility index (Phi) is 7.59. The van der Waals surface area contributed by atoms with Crippen molar-refractivity contribution < 1.29 is 14.3 Å². The van der Waals surface area contributed by atoms with Crippen LogP contribution < -0.4 is 10.6 Å². The number of likely N-dealkylation sites (N-methyl/N-ethyl adjacent to an activating group) is 1. The number of carbonyl (C=O) groups excluding carboxylic acids is 2. The molecule has 190 valence electrons. The molecular weight excluding hydrogens is 474 g/mol. The van der Waals surface area contributed by atoms with E-state index in [1.54, 1.807) is 25.3 Å². The highest BCUT2D eigenvalue weighted by Gasteiger charge is 2.40. The lowest BCUT2D eigenvalue weighted by Gasteiger charge is -2.35. The number of likely N-dealkylation sites (tertiary alicyclic amines) is 1. The molecule has 2 aliphatic rings. The number of pyridine rings is 1. The second kappa shape index (κ2) is 11.0. The van der Waals surface area contributed by atoms with Gasteiger partial charge in [-0.05, 0) is 57.0 Å². The van der Waals surface area contributed by atoms with Crippen LogP contribution in [0.4, 0.5) is 0 Å². The number of carbonyl (C=O) groups is 2. The molecule has 0 aliphatic carbocycles. The van der Waals surface area contributed by atoms with Crippen LogP contribution in [0.1, 0.15) is 43.7 Å². The average Bonchev–Trinajstić information content (AvgIpc) is 3.61. The van der Waals surface area contributed by atoms with Gasteiger partial charge in [-0.1, -0.05) is 24.3 Å². The summed E-state index contributed by atoms with van der Waals surface area (Å²) in [5, 5.41) is 11.2. The molecule has 0 radical (unpaired) electrons. The van der Waals surface area contributed by atoms with Crippen LogP contribution in [0.25, 0.3) is 22.2 Å². The summed E-state index contributed by atoms with van der Waals surface area (Å²) in [5.74, 6) is -0.106. The molecule has 2 aromatic heterocycles. The number of ether oxygens (including phenoxy) is 1. The topological polar surface area (TPSA) is 96.5 Å². The van der Waals surface area contributed by atoms with Crippen LogP contribution in [-0.2, 0) is 14.3 Å². The quantitative estimate of drug-likeness (QED) is 0.508. The van der Waals surface area contributed by atoms with E-state index in [9.17, 15) is 9.59 Å². The Hall–Kier alpha value is -2.88. The van der Waals surface area contributed by atoms with Crippen molar-refractivity contribution in [1.29, 1.82) is 0 Å². The molecule has 2 fully saturated rings. The lowest BCUT2D eigenvalue weighted by molar-refractivity contribution is -0.140. The Morgan fingerprint density at radius 1 is 1.17 bits per heavy atom. The molecule has 0 bridgehead atoms. The third-order valence-corrected chi connectivity index (χ3v) is 8.33. The largest absolute Gasteiger partial charge is 0.381 e. The van der Waals surface area contributed by atoms with Gasteiger partial charge in [-0.25, -0.2) is 4.98 Å². The zero-order valence-electron chi connectivity index (χ0n) is 20.8. The van der Waals surface area contributed by atoms with E-state index in [1.807, 2.05) is 34.7 Å². The van der Waals surface area contributed by atoms with Gasteiger partial charge < -0.3 is 20.3 Å². The van der Waals surface area contributed by atoms with Crippen molar-refractivity contribution >= 4 is 33.9 Å². The monoisotopic (exact) mass is 507 g/mol. The fourth-order valence-electron chi connectivity index (χ4n) is 5.18. The molecule has 2 saturated heterocycles. The predicted molar refractivity (Wildman–Crippen MR) is 141 cm³/mol. The van der Waals surface area contributed by atoms with Gasteiger partial charge >= 0.3 is 0 Å². The standard InChI is InChI=1S/C27H33N5O3S/c1-17(28-2)25(33)31-23(19-10-14-35-15-11-19)27(34)32-13-5-8-22(32)26-30-21(16-36-26)24-20-7-4-3-6-18(20)9-12-29-24/h3-4,6-7,9,12,16-17,19,22-23,28H,5,8,10-11,13-15H2,1-2H3,(H,31,33)/t17-,22-,23-/m0/s1. The van der Waals surface area contributed by atoms with Crippen molar-refractivity contribution in [2.24, 2.45) is 5.92 Å². The second-order valence-electron chi connectivity index (χ2n) is 9.59. The molecule has 8 nitrogen and oxygen atoms in total. The molecule has 36 heavy (non-hydrogen) atoms. The predicted octanol–water partition coefficient (Wildman–Crippen LogP) is 3.54. The molecule has 3 aromatic rings. The van der Waals surface area contributed by atoms with Crippen LogP contribution in [0, 0.1) is 5.92 Å². The van der Waals surface area contributed by atoms with E-state index < -0.39 is 6.04 Å². The number of amides is 2.